The maximum absolute atomic E-state index is 10.7. The number of anilines is 2. The van der Waals surface area contributed by atoms with Crippen molar-refractivity contribution in [1.82, 2.24) is 4.98 Å². The van der Waals surface area contributed by atoms with Crippen molar-refractivity contribution in [1.29, 1.82) is 0 Å². The quantitative estimate of drug-likeness (QED) is 0.367. The van der Waals surface area contributed by atoms with Crippen LogP contribution in [-0.4, -0.2) is 34.7 Å². The number of likely N-dealkylation sites (N-methyl/N-ethyl adjacent to an activating group) is 1. The molecule has 0 aromatic carbocycles. The van der Waals surface area contributed by atoms with Gasteiger partial charge in [-0.25, -0.2) is 10.8 Å². The van der Waals surface area contributed by atoms with E-state index in [1.54, 1.807) is 4.90 Å². The zero-order chi connectivity index (χ0) is 12.8. The van der Waals surface area contributed by atoms with E-state index >= 15 is 0 Å². The lowest BCUT2D eigenvalue weighted by molar-refractivity contribution is -0.384. The SMILES string of the molecule is CCN(CCO)c1cc([N+](=O)[O-])cc(NN)n1. The van der Waals surface area contributed by atoms with Gasteiger partial charge in [-0.15, -0.1) is 0 Å². The Morgan fingerprint density at radius 1 is 1.65 bits per heavy atom. The van der Waals surface area contributed by atoms with Crippen LogP contribution in [0.3, 0.4) is 0 Å². The number of nitrogens with one attached hydrogen (secondary N) is 1. The second kappa shape index (κ2) is 5.97. The molecule has 94 valence electrons. The van der Waals surface area contributed by atoms with Crippen LogP contribution in [0.4, 0.5) is 17.3 Å². The monoisotopic (exact) mass is 241 g/mol. The fourth-order valence-electron chi connectivity index (χ4n) is 1.40. The molecule has 4 N–H and O–H groups in total. The highest BCUT2D eigenvalue weighted by molar-refractivity contribution is 5.55. The number of hydrogen-bond acceptors (Lipinski definition) is 7. The van der Waals surface area contributed by atoms with Gasteiger partial charge < -0.3 is 15.4 Å². The van der Waals surface area contributed by atoms with Gasteiger partial charge in [0.15, 0.2) is 0 Å². The molecule has 0 saturated carbocycles. The summed E-state index contributed by atoms with van der Waals surface area (Å²) in [6, 6.07) is 2.59. The van der Waals surface area contributed by atoms with E-state index in [-0.39, 0.29) is 18.1 Å². The normalized spacial score (nSPS) is 10.1. The first-order valence-corrected chi connectivity index (χ1v) is 5.11. The van der Waals surface area contributed by atoms with Crippen LogP contribution in [0.15, 0.2) is 12.1 Å². The summed E-state index contributed by atoms with van der Waals surface area (Å²) in [6.45, 7) is 2.75. The largest absolute Gasteiger partial charge is 0.395 e. The molecule has 0 atom stereocenters. The van der Waals surface area contributed by atoms with Crippen LogP contribution in [0.5, 0.6) is 0 Å². The summed E-state index contributed by atoms with van der Waals surface area (Å²) in [6.07, 6.45) is 0. The maximum atomic E-state index is 10.7. The molecule has 0 fully saturated rings. The predicted octanol–water partition coefficient (Wildman–Crippen LogP) is 0.0940. The highest BCUT2D eigenvalue weighted by atomic mass is 16.6. The molecular formula is C9H15N5O3. The second-order valence-electron chi connectivity index (χ2n) is 3.27. The van der Waals surface area contributed by atoms with E-state index in [9.17, 15) is 10.1 Å². The number of nitrogens with zero attached hydrogens (tertiary/aromatic N) is 3. The number of nitrogens with two attached hydrogens (primary N) is 1. The third kappa shape index (κ3) is 3.26. The lowest BCUT2D eigenvalue weighted by Crippen LogP contribution is -2.27. The van der Waals surface area contributed by atoms with E-state index in [2.05, 4.69) is 10.4 Å². The number of nitro groups is 1. The van der Waals surface area contributed by atoms with Crippen molar-refractivity contribution in [2.45, 2.75) is 6.92 Å². The molecule has 8 nitrogen and oxygen atoms in total. The Balaban J connectivity index is 3.12. The van der Waals surface area contributed by atoms with E-state index in [0.29, 0.717) is 18.9 Å². The van der Waals surface area contributed by atoms with Crippen molar-refractivity contribution in [3.8, 4) is 0 Å². The zero-order valence-corrected chi connectivity index (χ0v) is 9.46. The van der Waals surface area contributed by atoms with Crippen LogP contribution >= 0.6 is 0 Å². The van der Waals surface area contributed by atoms with E-state index in [1.807, 2.05) is 6.92 Å². The second-order valence-corrected chi connectivity index (χ2v) is 3.27. The van der Waals surface area contributed by atoms with Gasteiger partial charge in [-0.2, -0.15) is 0 Å². The lowest BCUT2D eigenvalue weighted by Gasteiger charge is -2.20. The van der Waals surface area contributed by atoms with Crippen LogP contribution < -0.4 is 16.2 Å². The van der Waals surface area contributed by atoms with Gasteiger partial charge in [0, 0.05) is 13.1 Å². The summed E-state index contributed by atoms with van der Waals surface area (Å²) in [4.78, 5) is 16.0. The molecule has 0 aliphatic heterocycles. The van der Waals surface area contributed by atoms with Gasteiger partial charge in [0.1, 0.15) is 11.6 Å². The highest BCUT2D eigenvalue weighted by Gasteiger charge is 2.14. The smallest absolute Gasteiger partial charge is 0.276 e. The highest BCUT2D eigenvalue weighted by Crippen LogP contribution is 2.22. The maximum Gasteiger partial charge on any atom is 0.276 e. The first-order chi connectivity index (χ1) is 8.12. The van der Waals surface area contributed by atoms with Crippen LogP contribution in [0.25, 0.3) is 0 Å². The Morgan fingerprint density at radius 3 is 2.82 bits per heavy atom. The number of aromatic nitrogens is 1. The first kappa shape index (κ1) is 13.1. The van der Waals surface area contributed by atoms with E-state index in [4.69, 9.17) is 10.9 Å². The summed E-state index contributed by atoms with van der Waals surface area (Å²) < 4.78 is 0. The molecular weight excluding hydrogens is 226 g/mol. The van der Waals surface area contributed by atoms with Crippen LogP contribution in [0, 0.1) is 10.1 Å². The average molecular weight is 241 g/mol. The van der Waals surface area contributed by atoms with Gasteiger partial charge in [-0.05, 0) is 6.92 Å². The zero-order valence-electron chi connectivity index (χ0n) is 9.46. The van der Waals surface area contributed by atoms with Gasteiger partial charge in [0.05, 0.1) is 23.7 Å². The van der Waals surface area contributed by atoms with Crippen molar-refractivity contribution in [2.24, 2.45) is 5.84 Å². The van der Waals surface area contributed by atoms with Gasteiger partial charge >= 0.3 is 0 Å². The van der Waals surface area contributed by atoms with Crippen molar-refractivity contribution in [2.75, 3.05) is 30.0 Å². The molecule has 0 spiro atoms. The third-order valence-corrected chi connectivity index (χ3v) is 2.23. The lowest BCUT2D eigenvalue weighted by atomic mass is 10.3. The summed E-state index contributed by atoms with van der Waals surface area (Å²) in [5.41, 5.74) is 2.18. The van der Waals surface area contributed by atoms with Gasteiger partial charge in [-0.3, -0.25) is 10.1 Å². The number of hydrazine groups is 1. The Bertz CT molecular complexity index is 398. The molecule has 0 amide bonds. The first-order valence-electron chi connectivity index (χ1n) is 5.11. The fraction of sp³-hybridized carbons (Fsp3) is 0.444. The Hall–Kier alpha value is -1.93. The molecule has 1 rings (SSSR count). The van der Waals surface area contributed by atoms with E-state index in [1.165, 1.54) is 12.1 Å². The topological polar surface area (TPSA) is 118 Å². The molecule has 17 heavy (non-hydrogen) atoms. The van der Waals surface area contributed by atoms with E-state index in [0.717, 1.165) is 0 Å². The number of rotatable bonds is 6. The summed E-state index contributed by atoms with van der Waals surface area (Å²) >= 11 is 0. The molecule has 1 heterocycles. The van der Waals surface area contributed by atoms with Crippen molar-refractivity contribution in [3.63, 3.8) is 0 Å². The summed E-state index contributed by atoms with van der Waals surface area (Å²) in [5.74, 6) is 5.82. The van der Waals surface area contributed by atoms with Gasteiger partial charge in [0.25, 0.3) is 5.69 Å². The number of aliphatic hydroxyl groups excluding tert-OH is 1. The number of aliphatic hydroxyl groups is 1. The standard InChI is InChI=1S/C9H15N5O3/c1-2-13(3-4-15)9-6-7(14(16)17)5-8(11-9)12-10/h5-6,15H,2-4,10H2,1H3,(H,11,12). The fourth-order valence-corrected chi connectivity index (χ4v) is 1.40. The minimum Gasteiger partial charge on any atom is -0.395 e. The Kier molecular flexibility index (Phi) is 4.61. The van der Waals surface area contributed by atoms with Crippen molar-refractivity contribution >= 4 is 17.3 Å². The van der Waals surface area contributed by atoms with E-state index < -0.39 is 4.92 Å². The molecule has 1 aromatic heterocycles. The van der Waals surface area contributed by atoms with Crippen LogP contribution in [0.1, 0.15) is 6.92 Å². The molecule has 8 heteroatoms. The molecule has 0 aliphatic carbocycles. The minimum atomic E-state index is -0.515. The van der Waals surface area contributed by atoms with Gasteiger partial charge in [0.2, 0.25) is 0 Å². The molecule has 1 aromatic rings. The number of nitrogen functional groups attached to an aromatic ring is 1. The molecule has 0 radical (unpaired) electrons. The Morgan fingerprint density at radius 2 is 2.35 bits per heavy atom. The molecule has 0 aliphatic rings. The third-order valence-electron chi connectivity index (χ3n) is 2.23. The summed E-state index contributed by atoms with van der Waals surface area (Å²) in [5, 5.41) is 19.6. The number of hydrogen-bond donors (Lipinski definition) is 3. The predicted molar refractivity (Wildman–Crippen MR) is 63.7 cm³/mol. The number of pyridine rings is 1. The van der Waals surface area contributed by atoms with Crippen molar-refractivity contribution in [3.05, 3.63) is 22.2 Å². The molecule has 0 bridgehead atoms. The van der Waals surface area contributed by atoms with Crippen LogP contribution in [0.2, 0.25) is 0 Å². The Labute approximate surface area is 98.2 Å². The average Bonchev–Trinajstić information content (AvgIpc) is 2.35. The molecule has 0 unspecified atom stereocenters. The van der Waals surface area contributed by atoms with Crippen LogP contribution in [-0.2, 0) is 0 Å². The molecule has 0 saturated heterocycles. The van der Waals surface area contributed by atoms with Gasteiger partial charge in [-0.1, -0.05) is 0 Å². The minimum absolute atomic E-state index is 0.0520. The summed E-state index contributed by atoms with van der Waals surface area (Å²) in [7, 11) is 0. The van der Waals surface area contributed by atoms with Crippen molar-refractivity contribution < 1.29 is 10.0 Å².